The Morgan fingerprint density at radius 2 is 2.08 bits per heavy atom. The topological polar surface area (TPSA) is 16.1 Å². The van der Waals surface area contributed by atoms with Crippen molar-refractivity contribution in [3.05, 3.63) is 29.6 Å². The molecule has 1 rings (SSSR count). The molecule has 0 aliphatic heterocycles. The van der Waals surface area contributed by atoms with Crippen LogP contribution in [0.5, 0.6) is 0 Å². The fraction of sp³-hybridized carbons (Fsp3) is 0.500. The number of pyridine rings is 1. The van der Waals surface area contributed by atoms with Crippen molar-refractivity contribution >= 4 is 0 Å². The highest BCUT2D eigenvalue weighted by Crippen LogP contribution is 1.99. The van der Waals surface area contributed by atoms with Crippen LogP contribution in [0.15, 0.2) is 18.2 Å². The predicted octanol–water partition coefficient (Wildman–Crippen LogP) is 1.49. The molecule has 0 spiro atoms. The van der Waals surface area contributed by atoms with E-state index in [9.17, 15) is 0 Å². The molecule has 0 atom stereocenters. The number of nitrogens with zero attached hydrogens (tertiary/aromatic N) is 2. The summed E-state index contributed by atoms with van der Waals surface area (Å²) < 4.78 is 0. The number of hydrogen-bond donors (Lipinski definition) is 0. The molecular weight excluding hydrogens is 148 g/mol. The van der Waals surface area contributed by atoms with E-state index in [1.54, 1.807) is 0 Å². The Labute approximate surface area is 74.2 Å². The molecule has 0 saturated carbocycles. The summed E-state index contributed by atoms with van der Waals surface area (Å²) in [6.07, 6.45) is 1.04. The van der Waals surface area contributed by atoms with Gasteiger partial charge in [-0.2, -0.15) is 0 Å². The Balaban J connectivity index is 2.52. The van der Waals surface area contributed by atoms with E-state index in [2.05, 4.69) is 36.1 Å². The summed E-state index contributed by atoms with van der Waals surface area (Å²) in [6.45, 7) is 3.09. The molecule has 0 N–H and O–H groups in total. The van der Waals surface area contributed by atoms with Crippen LogP contribution in [0.3, 0.4) is 0 Å². The molecule has 2 nitrogen and oxygen atoms in total. The fourth-order valence-corrected chi connectivity index (χ4v) is 1.08. The Hall–Kier alpha value is -0.890. The van der Waals surface area contributed by atoms with Crippen LogP contribution in [-0.2, 0) is 6.42 Å². The third-order valence-corrected chi connectivity index (χ3v) is 1.76. The molecule has 2 heteroatoms. The monoisotopic (exact) mass is 164 g/mol. The van der Waals surface area contributed by atoms with E-state index in [1.165, 1.54) is 5.69 Å². The standard InChI is InChI=1S/C10H16N2/c1-9-5-4-6-10(11-9)7-8-12(2)3/h4-6H,7-8H2,1-3H3. The molecule has 1 aromatic heterocycles. The zero-order valence-electron chi connectivity index (χ0n) is 8.04. The van der Waals surface area contributed by atoms with Gasteiger partial charge in [0.1, 0.15) is 0 Å². The van der Waals surface area contributed by atoms with Crippen LogP contribution in [0.25, 0.3) is 0 Å². The third kappa shape index (κ3) is 3.01. The van der Waals surface area contributed by atoms with E-state index in [-0.39, 0.29) is 0 Å². The minimum Gasteiger partial charge on any atom is -0.309 e. The number of hydrogen-bond acceptors (Lipinski definition) is 2. The van der Waals surface area contributed by atoms with Crippen LogP contribution in [-0.4, -0.2) is 30.5 Å². The summed E-state index contributed by atoms with van der Waals surface area (Å²) in [6, 6.07) is 6.17. The van der Waals surface area contributed by atoms with E-state index in [0.29, 0.717) is 0 Å². The zero-order chi connectivity index (χ0) is 8.97. The van der Waals surface area contributed by atoms with Crippen LogP contribution >= 0.6 is 0 Å². The SMILES string of the molecule is Cc1cccc(CCN(C)C)n1. The lowest BCUT2D eigenvalue weighted by atomic mass is 10.2. The van der Waals surface area contributed by atoms with E-state index >= 15 is 0 Å². The minimum atomic E-state index is 1.04. The van der Waals surface area contributed by atoms with Gasteiger partial charge in [-0.15, -0.1) is 0 Å². The van der Waals surface area contributed by atoms with Crippen LogP contribution in [0.1, 0.15) is 11.4 Å². The van der Waals surface area contributed by atoms with Crippen LogP contribution in [0.2, 0.25) is 0 Å². The van der Waals surface area contributed by atoms with E-state index in [0.717, 1.165) is 18.7 Å². The molecule has 0 amide bonds. The summed E-state index contributed by atoms with van der Waals surface area (Å²) in [5.74, 6) is 0. The van der Waals surface area contributed by atoms with Crippen molar-refractivity contribution in [2.75, 3.05) is 20.6 Å². The largest absolute Gasteiger partial charge is 0.309 e. The van der Waals surface area contributed by atoms with Crippen molar-refractivity contribution in [3.63, 3.8) is 0 Å². The quantitative estimate of drug-likeness (QED) is 0.673. The molecule has 0 saturated heterocycles. The first kappa shape index (κ1) is 9.20. The maximum absolute atomic E-state index is 4.42. The second-order valence-electron chi connectivity index (χ2n) is 3.32. The maximum Gasteiger partial charge on any atom is 0.0419 e. The van der Waals surface area contributed by atoms with Gasteiger partial charge in [-0.1, -0.05) is 6.07 Å². The highest BCUT2D eigenvalue weighted by Gasteiger charge is 1.95. The van der Waals surface area contributed by atoms with Gasteiger partial charge in [-0.05, 0) is 33.2 Å². The van der Waals surface area contributed by atoms with Gasteiger partial charge < -0.3 is 4.90 Å². The number of likely N-dealkylation sites (N-methyl/N-ethyl adjacent to an activating group) is 1. The highest BCUT2D eigenvalue weighted by molar-refractivity contribution is 5.09. The Morgan fingerprint density at radius 3 is 2.67 bits per heavy atom. The van der Waals surface area contributed by atoms with Crippen molar-refractivity contribution in [2.45, 2.75) is 13.3 Å². The van der Waals surface area contributed by atoms with Gasteiger partial charge in [0.25, 0.3) is 0 Å². The predicted molar refractivity (Wildman–Crippen MR) is 51.2 cm³/mol. The second kappa shape index (κ2) is 4.21. The van der Waals surface area contributed by atoms with Crippen molar-refractivity contribution in [1.29, 1.82) is 0 Å². The molecule has 0 unspecified atom stereocenters. The number of rotatable bonds is 3. The Morgan fingerprint density at radius 1 is 1.33 bits per heavy atom. The van der Waals surface area contributed by atoms with Gasteiger partial charge in [0.05, 0.1) is 0 Å². The molecule has 0 bridgehead atoms. The van der Waals surface area contributed by atoms with E-state index in [4.69, 9.17) is 0 Å². The average Bonchev–Trinajstić information content (AvgIpc) is 2.01. The molecule has 0 aliphatic rings. The Kier molecular flexibility index (Phi) is 3.23. The molecule has 1 heterocycles. The van der Waals surface area contributed by atoms with Gasteiger partial charge in [0, 0.05) is 24.4 Å². The lowest BCUT2D eigenvalue weighted by Gasteiger charge is -2.08. The number of aryl methyl sites for hydroxylation is 1. The Bertz CT molecular complexity index is 243. The van der Waals surface area contributed by atoms with Crippen LogP contribution in [0.4, 0.5) is 0 Å². The first-order valence-corrected chi connectivity index (χ1v) is 4.26. The molecule has 0 aliphatic carbocycles. The minimum absolute atomic E-state index is 1.04. The molecule has 1 aromatic rings. The summed E-state index contributed by atoms with van der Waals surface area (Å²) >= 11 is 0. The summed E-state index contributed by atoms with van der Waals surface area (Å²) in [5.41, 5.74) is 2.29. The first-order valence-electron chi connectivity index (χ1n) is 4.26. The van der Waals surface area contributed by atoms with Crippen molar-refractivity contribution in [1.82, 2.24) is 9.88 Å². The van der Waals surface area contributed by atoms with Gasteiger partial charge in [-0.25, -0.2) is 0 Å². The van der Waals surface area contributed by atoms with Crippen LogP contribution in [0, 0.1) is 6.92 Å². The molecule has 12 heavy (non-hydrogen) atoms. The van der Waals surface area contributed by atoms with Crippen molar-refractivity contribution < 1.29 is 0 Å². The second-order valence-corrected chi connectivity index (χ2v) is 3.32. The molecule has 0 aromatic carbocycles. The molecular formula is C10H16N2. The summed E-state index contributed by atoms with van der Waals surface area (Å²) in [4.78, 5) is 6.59. The van der Waals surface area contributed by atoms with Crippen molar-refractivity contribution in [2.24, 2.45) is 0 Å². The summed E-state index contributed by atoms with van der Waals surface area (Å²) in [7, 11) is 4.16. The third-order valence-electron chi connectivity index (χ3n) is 1.76. The maximum atomic E-state index is 4.42. The number of aromatic nitrogens is 1. The smallest absolute Gasteiger partial charge is 0.0419 e. The van der Waals surface area contributed by atoms with E-state index < -0.39 is 0 Å². The molecule has 0 fully saturated rings. The first-order chi connectivity index (χ1) is 5.68. The fourth-order valence-electron chi connectivity index (χ4n) is 1.08. The zero-order valence-corrected chi connectivity index (χ0v) is 8.04. The lowest BCUT2D eigenvalue weighted by Crippen LogP contribution is -2.15. The van der Waals surface area contributed by atoms with Gasteiger partial charge in [0.15, 0.2) is 0 Å². The van der Waals surface area contributed by atoms with Crippen molar-refractivity contribution in [3.8, 4) is 0 Å². The molecule has 66 valence electrons. The molecule has 0 radical (unpaired) electrons. The highest BCUT2D eigenvalue weighted by atomic mass is 15.0. The average molecular weight is 164 g/mol. The van der Waals surface area contributed by atoms with E-state index in [1.807, 2.05) is 13.0 Å². The summed E-state index contributed by atoms with van der Waals surface area (Å²) in [5, 5.41) is 0. The van der Waals surface area contributed by atoms with Crippen LogP contribution < -0.4 is 0 Å². The van der Waals surface area contributed by atoms with Gasteiger partial charge >= 0.3 is 0 Å². The normalized spacial score (nSPS) is 10.7. The van der Waals surface area contributed by atoms with Gasteiger partial charge in [-0.3, -0.25) is 4.98 Å². The lowest BCUT2D eigenvalue weighted by molar-refractivity contribution is 0.411. The van der Waals surface area contributed by atoms with Gasteiger partial charge in [0.2, 0.25) is 0 Å².